The molecule has 4 nitrogen and oxygen atoms in total. The zero-order chi connectivity index (χ0) is 15.7. The van der Waals surface area contributed by atoms with Gasteiger partial charge in [0.2, 0.25) is 0 Å². The fourth-order valence-corrected chi connectivity index (χ4v) is 2.61. The van der Waals surface area contributed by atoms with Gasteiger partial charge in [-0.05, 0) is 38.5 Å². The number of anilines is 1. The molecule has 0 fully saturated rings. The molecule has 1 unspecified atom stereocenters. The van der Waals surface area contributed by atoms with Crippen LogP contribution in [0.1, 0.15) is 31.2 Å². The fourth-order valence-electron chi connectivity index (χ4n) is 2.61. The summed E-state index contributed by atoms with van der Waals surface area (Å²) in [4.78, 5) is 14.1. The first kappa shape index (κ1) is 14.6. The van der Waals surface area contributed by atoms with Crippen LogP contribution in [0.2, 0.25) is 0 Å². The number of amides is 1. The van der Waals surface area contributed by atoms with Crippen LogP contribution in [0.3, 0.4) is 0 Å². The van der Waals surface area contributed by atoms with Crippen LogP contribution in [0, 0.1) is 6.92 Å². The Morgan fingerprint density at radius 3 is 2.50 bits per heavy atom. The quantitative estimate of drug-likeness (QED) is 0.840. The number of para-hydroxylation sites is 2. The van der Waals surface area contributed by atoms with Crippen molar-refractivity contribution in [1.29, 1.82) is 0 Å². The van der Waals surface area contributed by atoms with E-state index in [1.807, 2.05) is 63.2 Å². The summed E-state index contributed by atoms with van der Waals surface area (Å²) in [5.41, 5.74) is 2.66. The molecule has 2 aromatic carbocycles. The zero-order valence-corrected chi connectivity index (χ0v) is 12.9. The molecule has 0 aliphatic carbocycles. The lowest BCUT2D eigenvalue weighted by Crippen LogP contribution is -2.43. The van der Waals surface area contributed by atoms with Gasteiger partial charge in [-0.1, -0.05) is 36.4 Å². The summed E-state index contributed by atoms with van der Waals surface area (Å²) >= 11 is 0. The van der Waals surface area contributed by atoms with Crippen LogP contribution in [-0.4, -0.2) is 12.2 Å². The Labute approximate surface area is 130 Å². The predicted molar refractivity (Wildman–Crippen MR) is 85.1 cm³/mol. The highest BCUT2D eigenvalue weighted by Crippen LogP contribution is 2.39. The summed E-state index contributed by atoms with van der Waals surface area (Å²) in [6.45, 7) is 5.88. The minimum atomic E-state index is -0.487. The second-order valence-corrected chi connectivity index (χ2v) is 5.60. The molecule has 22 heavy (non-hydrogen) atoms. The van der Waals surface area contributed by atoms with Crippen LogP contribution in [0.15, 0.2) is 48.5 Å². The van der Waals surface area contributed by atoms with Crippen LogP contribution in [0.4, 0.5) is 10.5 Å². The van der Waals surface area contributed by atoms with E-state index in [0.717, 1.165) is 16.8 Å². The molecule has 0 saturated heterocycles. The second-order valence-electron chi connectivity index (χ2n) is 5.60. The van der Waals surface area contributed by atoms with Crippen molar-refractivity contribution >= 4 is 11.8 Å². The molecule has 4 heteroatoms. The molecule has 1 heterocycles. The Kier molecular flexibility index (Phi) is 3.86. The number of nitrogens with zero attached hydrogens (tertiary/aromatic N) is 1. The van der Waals surface area contributed by atoms with Crippen LogP contribution in [0.25, 0.3) is 0 Å². The minimum Gasteiger partial charge on any atom is -0.409 e. The monoisotopic (exact) mass is 297 g/mol. The van der Waals surface area contributed by atoms with Gasteiger partial charge in [0, 0.05) is 5.56 Å². The summed E-state index contributed by atoms with van der Waals surface area (Å²) in [6, 6.07) is 15.2. The average Bonchev–Trinajstić information content (AvgIpc) is 2.48. The Morgan fingerprint density at radius 1 is 1.09 bits per heavy atom. The standard InChI is InChI=1S/C18H19NO3/c1-12(2)21-17-14-9-5-7-11-16(14)22-18(20)19(17)15-10-6-4-8-13(15)3/h4-12,17H,1-3H3. The van der Waals surface area contributed by atoms with Gasteiger partial charge in [-0.15, -0.1) is 0 Å². The number of carbonyl (C=O) groups is 1. The number of ether oxygens (including phenoxy) is 2. The first-order valence-electron chi connectivity index (χ1n) is 7.39. The molecule has 1 atom stereocenters. The van der Waals surface area contributed by atoms with Crippen LogP contribution >= 0.6 is 0 Å². The highest BCUT2D eigenvalue weighted by atomic mass is 16.6. The Bertz CT molecular complexity index is 696. The highest BCUT2D eigenvalue weighted by Gasteiger charge is 2.37. The van der Waals surface area contributed by atoms with Gasteiger partial charge in [-0.3, -0.25) is 0 Å². The molecule has 0 saturated carbocycles. The summed E-state index contributed by atoms with van der Waals surface area (Å²) in [7, 11) is 0. The third kappa shape index (κ3) is 2.57. The average molecular weight is 297 g/mol. The van der Waals surface area contributed by atoms with Gasteiger partial charge >= 0.3 is 6.09 Å². The molecule has 2 aromatic rings. The smallest absolute Gasteiger partial charge is 0.409 e. The van der Waals surface area contributed by atoms with E-state index in [-0.39, 0.29) is 6.10 Å². The molecule has 1 aliphatic heterocycles. The SMILES string of the molecule is Cc1ccccc1N1C(=O)Oc2ccccc2C1OC(C)C. The zero-order valence-electron chi connectivity index (χ0n) is 12.9. The van der Waals surface area contributed by atoms with Crippen LogP contribution in [0.5, 0.6) is 5.75 Å². The van der Waals surface area contributed by atoms with E-state index in [1.54, 1.807) is 11.0 Å². The lowest BCUT2D eigenvalue weighted by Gasteiger charge is -2.37. The number of carbonyl (C=O) groups excluding carboxylic acids is 1. The van der Waals surface area contributed by atoms with Crippen molar-refractivity contribution in [3.05, 3.63) is 59.7 Å². The van der Waals surface area contributed by atoms with Crippen molar-refractivity contribution in [1.82, 2.24) is 0 Å². The molecule has 0 radical (unpaired) electrons. The van der Waals surface area contributed by atoms with Gasteiger partial charge in [0.15, 0.2) is 6.23 Å². The maximum absolute atomic E-state index is 12.5. The molecule has 0 spiro atoms. The highest BCUT2D eigenvalue weighted by molar-refractivity contribution is 5.92. The third-order valence-corrected chi connectivity index (χ3v) is 3.59. The number of benzene rings is 2. The number of rotatable bonds is 3. The first-order chi connectivity index (χ1) is 10.6. The normalized spacial score (nSPS) is 17.4. The lowest BCUT2D eigenvalue weighted by atomic mass is 10.1. The van der Waals surface area contributed by atoms with Crippen molar-refractivity contribution < 1.29 is 14.3 Å². The first-order valence-corrected chi connectivity index (χ1v) is 7.39. The number of fused-ring (bicyclic) bond motifs is 1. The van der Waals surface area contributed by atoms with Crippen LogP contribution < -0.4 is 9.64 Å². The van der Waals surface area contributed by atoms with E-state index in [9.17, 15) is 4.79 Å². The molecule has 1 amide bonds. The molecule has 0 bridgehead atoms. The second kappa shape index (κ2) is 5.81. The van der Waals surface area contributed by atoms with Gasteiger partial charge in [0.05, 0.1) is 11.8 Å². The largest absolute Gasteiger partial charge is 0.422 e. The van der Waals surface area contributed by atoms with Crippen molar-refractivity contribution in [3.63, 3.8) is 0 Å². The molecule has 3 rings (SSSR count). The van der Waals surface area contributed by atoms with E-state index in [4.69, 9.17) is 9.47 Å². The fraction of sp³-hybridized carbons (Fsp3) is 0.278. The summed E-state index contributed by atoms with van der Waals surface area (Å²) in [6.07, 6.45) is -0.923. The molecule has 1 aliphatic rings. The third-order valence-electron chi connectivity index (χ3n) is 3.59. The Morgan fingerprint density at radius 2 is 1.77 bits per heavy atom. The maximum Gasteiger partial charge on any atom is 0.422 e. The van der Waals surface area contributed by atoms with Gasteiger partial charge in [-0.2, -0.15) is 0 Å². The minimum absolute atomic E-state index is 0.0181. The predicted octanol–water partition coefficient (Wildman–Crippen LogP) is 4.44. The van der Waals surface area contributed by atoms with Crippen molar-refractivity contribution in [2.45, 2.75) is 33.1 Å². The lowest BCUT2D eigenvalue weighted by molar-refractivity contribution is 0.000733. The van der Waals surface area contributed by atoms with E-state index in [1.165, 1.54) is 0 Å². The molecule has 114 valence electrons. The summed E-state index contributed by atoms with van der Waals surface area (Å²) in [5.74, 6) is 0.558. The van der Waals surface area contributed by atoms with Gasteiger partial charge in [-0.25, -0.2) is 9.69 Å². The van der Waals surface area contributed by atoms with E-state index < -0.39 is 12.3 Å². The number of hydrogen-bond acceptors (Lipinski definition) is 3. The van der Waals surface area contributed by atoms with E-state index in [0.29, 0.717) is 5.75 Å². The van der Waals surface area contributed by atoms with Gasteiger partial charge < -0.3 is 9.47 Å². The maximum atomic E-state index is 12.5. The van der Waals surface area contributed by atoms with Gasteiger partial charge in [0.1, 0.15) is 5.75 Å². The topological polar surface area (TPSA) is 38.8 Å². The number of hydrogen-bond donors (Lipinski definition) is 0. The summed E-state index contributed by atoms with van der Waals surface area (Å²) in [5, 5.41) is 0. The van der Waals surface area contributed by atoms with Crippen LogP contribution in [-0.2, 0) is 4.74 Å². The Balaban J connectivity index is 2.11. The molecule has 0 aromatic heterocycles. The Hall–Kier alpha value is -2.33. The molecule has 0 N–H and O–H groups in total. The van der Waals surface area contributed by atoms with Crippen molar-refractivity contribution in [3.8, 4) is 5.75 Å². The summed E-state index contributed by atoms with van der Waals surface area (Å²) < 4.78 is 11.5. The van der Waals surface area contributed by atoms with E-state index in [2.05, 4.69) is 0 Å². The van der Waals surface area contributed by atoms with Crippen molar-refractivity contribution in [2.24, 2.45) is 0 Å². The molecular weight excluding hydrogens is 278 g/mol. The van der Waals surface area contributed by atoms with Crippen molar-refractivity contribution in [2.75, 3.05) is 4.90 Å². The molecular formula is C18H19NO3. The van der Waals surface area contributed by atoms with E-state index >= 15 is 0 Å². The number of aryl methyl sites for hydroxylation is 1. The van der Waals surface area contributed by atoms with Gasteiger partial charge in [0.25, 0.3) is 0 Å².